The maximum atomic E-state index is 12.3. The summed E-state index contributed by atoms with van der Waals surface area (Å²) in [7, 11) is 1.93. The van der Waals surface area contributed by atoms with Gasteiger partial charge in [-0.25, -0.2) is 4.98 Å². The van der Waals surface area contributed by atoms with Gasteiger partial charge in [-0.2, -0.15) is 0 Å². The Morgan fingerprint density at radius 2 is 2.10 bits per heavy atom. The van der Waals surface area contributed by atoms with Crippen LogP contribution in [0.5, 0.6) is 0 Å². The van der Waals surface area contributed by atoms with Crippen LogP contribution in [-0.2, 0) is 23.1 Å². The minimum absolute atomic E-state index is 0.0162. The molecule has 0 radical (unpaired) electrons. The van der Waals surface area contributed by atoms with Crippen LogP contribution >= 0.6 is 0 Å². The van der Waals surface area contributed by atoms with Crippen LogP contribution in [-0.4, -0.2) is 44.9 Å². The molecule has 2 amide bonds. The smallest absolute Gasteiger partial charge is 0.245 e. The second kappa shape index (κ2) is 5.64. The first-order valence-corrected chi connectivity index (χ1v) is 6.99. The number of rotatable bonds is 4. The summed E-state index contributed by atoms with van der Waals surface area (Å²) in [5.41, 5.74) is 0. The summed E-state index contributed by atoms with van der Waals surface area (Å²) in [6.07, 6.45) is 4.27. The Balaban J connectivity index is 2.14. The number of aryl methyl sites for hydroxylation is 1. The molecule has 0 bridgehead atoms. The summed E-state index contributed by atoms with van der Waals surface area (Å²) in [5.74, 6) is 0.927. The normalized spacial score (nSPS) is 23.4. The van der Waals surface area contributed by atoms with Crippen molar-refractivity contribution >= 4 is 11.8 Å². The van der Waals surface area contributed by atoms with Crippen molar-refractivity contribution in [1.82, 2.24) is 19.8 Å². The maximum Gasteiger partial charge on any atom is 0.245 e. The first kappa shape index (κ1) is 14.6. The van der Waals surface area contributed by atoms with Crippen molar-refractivity contribution in [3.05, 3.63) is 18.2 Å². The Bertz CT molecular complexity index is 509. The molecule has 1 aromatic heterocycles. The van der Waals surface area contributed by atoms with Gasteiger partial charge in [0.2, 0.25) is 11.8 Å². The molecule has 0 saturated carbocycles. The number of hydrogen-bond acceptors (Lipinski definition) is 3. The number of nitrogens with zero attached hydrogens (tertiary/aromatic N) is 3. The molecule has 20 heavy (non-hydrogen) atoms. The lowest BCUT2D eigenvalue weighted by molar-refractivity contribution is -0.150. The van der Waals surface area contributed by atoms with Gasteiger partial charge in [-0.1, -0.05) is 13.8 Å². The number of aromatic nitrogens is 2. The van der Waals surface area contributed by atoms with Crippen molar-refractivity contribution in [2.45, 2.75) is 39.3 Å². The highest BCUT2D eigenvalue weighted by Crippen LogP contribution is 2.17. The highest BCUT2D eigenvalue weighted by atomic mass is 16.2. The van der Waals surface area contributed by atoms with Gasteiger partial charge in [0.15, 0.2) is 0 Å². The van der Waals surface area contributed by atoms with E-state index >= 15 is 0 Å². The molecular weight excluding hydrogens is 256 g/mol. The van der Waals surface area contributed by atoms with Gasteiger partial charge in [0, 0.05) is 32.4 Å². The molecule has 2 heterocycles. The zero-order valence-corrected chi connectivity index (χ0v) is 12.5. The molecule has 0 spiro atoms. The van der Waals surface area contributed by atoms with Crippen LogP contribution in [0.2, 0.25) is 0 Å². The summed E-state index contributed by atoms with van der Waals surface area (Å²) in [6, 6.07) is -0.835. The van der Waals surface area contributed by atoms with Crippen molar-refractivity contribution in [1.29, 1.82) is 0 Å². The summed E-state index contributed by atoms with van der Waals surface area (Å²) >= 11 is 0. The predicted molar refractivity (Wildman–Crippen MR) is 74.9 cm³/mol. The molecule has 1 aromatic rings. The molecule has 6 heteroatoms. The first-order chi connectivity index (χ1) is 9.41. The van der Waals surface area contributed by atoms with Gasteiger partial charge in [-0.05, 0) is 12.8 Å². The van der Waals surface area contributed by atoms with Gasteiger partial charge in [0.25, 0.3) is 0 Å². The summed E-state index contributed by atoms with van der Waals surface area (Å²) < 4.78 is 1.93. The zero-order chi connectivity index (χ0) is 14.9. The van der Waals surface area contributed by atoms with Crippen molar-refractivity contribution in [2.24, 2.45) is 13.0 Å². The Hall–Kier alpha value is -1.85. The fourth-order valence-corrected chi connectivity index (χ4v) is 2.66. The molecule has 6 nitrogen and oxygen atoms in total. The van der Waals surface area contributed by atoms with E-state index in [-0.39, 0.29) is 23.8 Å². The molecule has 2 rings (SSSR count). The largest absolute Gasteiger partial charge is 0.343 e. The van der Waals surface area contributed by atoms with Gasteiger partial charge < -0.3 is 14.8 Å². The van der Waals surface area contributed by atoms with Crippen molar-refractivity contribution in [3.63, 3.8) is 0 Å². The lowest BCUT2D eigenvalue weighted by Crippen LogP contribution is -2.64. The van der Waals surface area contributed by atoms with E-state index in [1.807, 2.05) is 31.7 Å². The zero-order valence-electron chi connectivity index (χ0n) is 12.5. The van der Waals surface area contributed by atoms with Gasteiger partial charge in [0.1, 0.15) is 17.9 Å². The third-order valence-electron chi connectivity index (χ3n) is 3.75. The number of piperazine rings is 1. The quantitative estimate of drug-likeness (QED) is 0.863. The highest BCUT2D eigenvalue weighted by molar-refractivity contribution is 5.96. The van der Waals surface area contributed by atoms with Crippen LogP contribution in [0.1, 0.15) is 26.6 Å². The van der Waals surface area contributed by atoms with E-state index in [0.717, 1.165) is 5.82 Å². The Morgan fingerprint density at radius 1 is 1.40 bits per heavy atom. The molecule has 1 fully saturated rings. The van der Waals surface area contributed by atoms with E-state index in [1.165, 1.54) is 0 Å². The fraction of sp³-hybridized carbons (Fsp3) is 0.643. The summed E-state index contributed by atoms with van der Waals surface area (Å²) in [5, 5.41) is 2.74. The third-order valence-corrected chi connectivity index (χ3v) is 3.75. The molecule has 1 saturated heterocycles. The third kappa shape index (κ3) is 2.69. The first-order valence-electron chi connectivity index (χ1n) is 6.99. The number of carbonyl (C=O) groups is 2. The van der Waals surface area contributed by atoms with E-state index in [1.54, 1.807) is 18.0 Å². The van der Waals surface area contributed by atoms with Crippen LogP contribution < -0.4 is 5.32 Å². The average Bonchev–Trinajstić information content (AvgIpc) is 2.77. The standard InChI is InChI=1S/C14H22N4O2/c1-9(2)12-13(19)16-10(3)14(20)18(12)7-5-11-15-6-8-17(11)4/h6,8-10,12H,5,7H2,1-4H3,(H,16,19). The maximum absolute atomic E-state index is 12.3. The SMILES string of the molecule is CC1NC(=O)C(C(C)C)N(CCc2nccn2C)C1=O. The fourth-order valence-electron chi connectivity index (χ4n) is 2.66. The number of imidazole rings is 1. The van der Waals surface area contributed by atoms with Crippen LogP contribution in [0.25, 0.3) is 0 Å². The van der Waals surface area contributed by atoms with E-state index < -0.39 is 6.04 Å². The Morgan fingerprint density at radius 3 is 2.65 bits per heavy atom. The molecule has 2 unspecified atom stereocenters. The van der Waals surface area contributed by atoms with Crippen LogP contribution in [0.15, 0.2) is 12.4 Å². The molecule has 1 aliphatic rings. The van der Waals surface area contributed by atoms with Gasteiger partial charge >= 0.3 is 0 Å². The minimum Gasteiger partial charge on any atom is -0.343 e. The topological polar surface area (TPSA) is 67.2 Å². The van der Waals surface area contributed by atoms with Crippen molar-refractivity contribution < 1.29 is 9.59 Å². The van der Waals surface area contributed by atoms with Crippen molar-refractivity contribution in [3.8, 4) is 0 Å². The van der Waals surface area contributed by atoms with Crippen LogP contribution in [0.4, 0.5) is 0 Å². The molecule has 0 aliphatic carbocycles. The lowest BCUT2D eigenvalue weighted by Gasteiger charge is -2.39. The van der Waals surface area contributed by atoms with Crippen LogP contribution in [0, 0.1) is 5.92 Å². The number of carbonyl (C=O) groups excluding carboxylic acids is 2. The molecule has 2 atom stereocenters. The Labute approximate surface area is 119 Å². The van der Waals surface area contributed by atoms with Crippen molar-refractivity contribution in [2.75, 3.05) is 6.54 Å². The van der Waals surface area contributed by atoms with E-state index in [9.17, 15) is 9.59 Å². The molecule has 110 valence electrons. The average molecular weight is 278 g/mol. The second-order valence-corrected chi connectivity index (χ2v) is 5.66. The lowest BCUT2D eigenvalue weighted by atomic mass is 9.97. The van der Waals surface area contributed by atoms with E-state index in [2.05, 4.69) is 10.3 Å². The second-order valence-electron chi connectivity index (χ2n) is 5.66. The molecule has 0 aromatic carbocycles. The van der Waals surface area contributed by atoms with Gasteiger partial charge in [0.05, 0.1) is 0 Å². The van der Waals surface area contributed by atoms with Gasteiger partial charge in [-0.15, -0.1) is 0 Å². The van der Waals surface area contributed by atoms with Crippen LogP contribution in [0.3, 0.4) is 0 Å². The number of nitrogens with one attached hydrogen (secondary N) is 1. The molecular formula is C14H22N4O2. The van der Waals surface area contributed by atoms with E-state index in [4.69, 9.17) is 0 Å². The molecule has 1 N–H and O–H groups in total. The monoisotopic (exact) mass is 278 g/mol. The van der Waals surface area contributed by atoms with E-state index in [0.29, 0.717) is 13.0 Å². The summed E-state index contributed by atoms with van der Waals surface area (Å²) in [4.78, 5) is 30.4. The number of amides is 2. The highest BCUT2D eigenvalue weighted by Gasteiger charge is 2.39. The molecule has 1 aliphatic heterocycles. The summed E-state index contributed by atoms with van der Waals surface area (Å²) in [6.45, 7) is 6.16. The minimum atomic E-state index is -0.445. The van der Waals surface area contributed by atoms with Gasteiger partial charge in [-0.3, -0.25) is 9.59 Å². The Kier molecular flexibility index (Phi) is 4.11. The predicted octanol–water partition coefficient (Wildman–Crippen LogP) is 0.334. The number of hydrogen-bond donors (Lipinski definition) is 1.